The minimum absolute atomic E-state index is 0.374. The van der Waals surface area contributed by atoms with Crippen LogP contribution in [0, 0.1) is 0 Å². The van der Waals surface area contributed by atoms with Gasteiger partial charge in [0.15, 0.2) is 5.96 Å². The molecule has 2 saturated carbocycles. The van der Waals surface area contributed by atoms with Gasteiger partial charge in [0.05, 0.1) is 0 Å². The highest BCUT2D eigenvalue weighted by Crippen LogP contribution is 2.51. The van der Waals surface area contributed by atoms with Crippen molar-refractivity contribution in [3.8, 4) is 0 Å². The largest absolute Gasteiger partial charge is 0.355 e. The van der Waals surface area contributed by atoms with E-state index < -0.39 is 0 Å². The molecule has 4 heteroatoms. The lowest BCUT2D eigenvalue weighted by Gasteiger charge is -2.29. The molecule has 0 heterocycles. The van der Waals surface area contributed by atoms with Gasteiger partial charge >= 0.3 is 0 Å². The van der Waals surface area contributed by atoms with E-state index in [0.717, 1.165) is 12.5 Å². The predicted molar refractivity (Wildman–Crippen MR) is 86.4 cm³/mol. The van der Waals surface area contributed by atoms with Crippen LogP contribution in [0.2, 0.25) is 0 Å². The molecule has 0 atom stereocenters. The fraction of sp³-hybridized carbons (Fsp3) is 0.562. The molecule has 0 aromatic heterocycles. The highest BCUT2D eigenvalue weighted by molar-refractivity contribution is 8.01. The average Bonchev–Trinajstić information content (AvgIpc) is 3.18. The van der Waals surface area contributed by atoms with Crippen LogP contribution in [0.4, 0.5) is 0 Å². The van der Waals surface area contributed by atoms with E-state index in [1.54, 1.807) is 0 Å². The van der Waals surface area contributed by atoms with Gasteiger partial charge in [-0.25, -0.2) is 0 Å². The number of thioether (sulfide) groups is 1. The third kappa shape index (κ3) is 3.48. The monoisotopic (exact) mass is 289 g/mol. The van der Waals surface area contributed by atoms with Gasteiger partial charge in [-0.3, -0.25) is 4.99 Å². The Kier molecular flexibility index (Phi) is 4.20. The number of hydrogen-bond acceptors (Lipinski definition) is 2. The van der Waals surface area contributed by atoms with Crippen molar-refractivity contribution in [1.29, 1.82) is 0 Å². The molecule has 2 aliphatic carbocycles. The molecule has 0 bridgehead atoms. The van der Waals surface area contributed by atoms with Crippen molar-refractivity contribution in [2.45, 2.75) is 47.8 Å². The van der Waals surface area contributed by atoms with Gasteiger partial charge in [0.1, 0.15) is 0 Å². The molecule has 0 radical (unpaired) electrons. The molecule has 0 aliphatic heterocycles. The van der Waals surface area contributed by atoms with Gasteiger partial charge in [0.25, 0.3) is 0 Å². The van der Waals surface area contributed by atoms with Crippen molar-refractivity contribution in [2.75, 3.05) is 13.6 Å². The second-order valence-electron chi connectivity index (χ2n) is 5.80. The van der Waals surface area contributed by atoms with Crippen LogP contribution in [0.1, 0.15) is 32.1 Å². The van der Waals surface area contributed by atoms with E-state index in [4.69, 9.17) is 0 Å². The van der Waals surface area contributed by atoms with Crippen LogP contribution in [0.5, 0.6) is 0 Å². The van der Waals surface area contributed by atoms with Crippen LogP contribution in [0.15, 0.2) is 40.2 Å². The third-order valence-corrected chi connectivity index (χ3v) is 5.63. The zero-order chi connectivity index (χ0) is 13.8. The smallest absolute Gasteiger partial charge is 0.191 e. The topological polar surface area (TPSA) is 36.4 Å². The van der Waals surface area contributed by atoms with Crippen LogP contribution in [-0.2, 0) is 0 Å². The van der Waals surface area contributed by atoms with E-state index in [-0.39, 0.29) is 0 Å². The fourth-order valence-corrected chi connectivity index (χ4v) is 3.62. The minimum Gasteiger partial charge on any atom is -0.355 e. The molecule has 3 nitrogen and oxygen atoms in total. The van der Waals surface area contributed by atoms with Crippen molar-refractivity contribution >= 4 is 17.7 Å². The summed E-state index contributed by atoms with van der Waals surface area (Å²) in [6, 6.07) is 11.3. The minimum atomic E-state index is 0.374. The Labute approximate surface area is 125 Å². The van der Waals surface area contributed by atoms with Crippen LogP contribution >= 0.6 is 11.8 Å². The Morgan fingerprint density at radius 3 is 2.60 bits per heavy atom. The first kappa shape index (κ1) is 13.8. The van der Waals surface area contributed by atoms with Gasteiger partial charge in [0, 0.05) is 29.3 Å². The molecule has 1 aromatic carbocycles. The van der Waals surface area contributed by atoms with E-state index >= 15 is 0 Å². The van der Waals surface area contributed by atoms with Gasteiger partial charge in [0.2, 0.25) is 0 Å². The van der Waals surface area contributed by atoms with Crippen molar-refractivity contribution in [2.24, 2.45) is 4.99 Å². The maximum absolute atomic E-state index is 4.33. The average molecular weight is 289 g/mol. The highest BCUT2D eigenvalue weighted by atomic mass is 32.2. The zero-order valence-electron chi connectivity index (χ0n) is 12.1. The van der Waals surface area contributed by atoms with Crippen molar-refractivity contribution in [3.63, 3.8) is 0 Å². The molecule has 2 N–H and O–H groups in total. The molecule has 0 saturated heterocycles. The predicted octanol–water partition coefficient (Wildman–Crippen LogP) is 3.03. The molecular formula is C16H23N3S. The standard InChI is InChI=1S/C16H23N3S/c1-17-15(19-13-6-5-7-13)18-12-16(10-11-16)20-14-8-3-2-4-9-14/h2-4,8-9,13H,5-7,10-12H2,1H3,(H2,17,18,19). The molecular weight excluding hydrogens is 266 g/mol. The van der Waals surface area contributed by atoms with Gasteiger partial charge < -0.3 is 10.6 Å². The van der Waals surface area contributed by atoms with Crippen LogP contribution in [0.25, 0.3) is 0 Å². The summed E-state index contributed by atoms with van der Waals surface area (Å²) in [4.78, 5) is 5.70. The summed E-state index contributed by atoms with van der Waals surface area (Å²) in [5.74, 6) is 0.967. The summed E-state index contributed by atoms with van der Waals surface area (Å²) >= 11 is 2.00. The number of aliphatic imine (C=N–C) groups is 1. The number of nitrogens with one attached hydrogen (secondary N) is 2. The first-order valence-corrected chi connectivity index (χ1v) is 8.33. The second-order valence-corrected chi connectivity index (χ2v) is 7.34. The Bertz CT molecular complexity index is 464. The zero-order valence-corrected chi connectivity index (χ0v) is 12.9. The lowest BCUT2D eigenvalue weighted by molar-refractivity contribution is 0.380. The molecule has 0 amide bonds. The normalized spacial score (nSPS) is 21.1. The van der Waals surface area contributed by atoms with Crippen molar-refractivity contribution in [3.05, 3.63) is 30.3 Å². The van der Waals surface area contributed by atoms with Crippen LogP contribution < -0.4 is 10.6 Å². The molecule has 2 fully saturated rings. The summed E-state index contributed by atoms with van der Waals surface area (Å²) in [6.07, 6.45) is 6.50. The number of hydrogen-bond donors (Lipinski definition) is 2. The second kappa shape index (κ2) is 6.08. The Morgan fingerprint density at radius 1 is 1.30 bits per heavy atom. The molecule has 3 rings (SSSR count). The lowest BCUT2D eigenvalue weighted by atomic mass is 9.93. The van der Waals surface area contributed by atoms with E-state index in [9.17, 15) is 0 Å². The van der Waals surface area contributed by atoms with Gasteiger partial charge in [-0.15, -0.1) is 11.8 Å². The SMILES string of the molecule is CN=C(NCC1(Sc2ccccc2)CC1)NC1CCC1. The Hall–Kier alpha value is -1.16. The first-order valence-electron chi connectivity index (χ1n) is 7.51. The number of benzene rings is 1. The van der Waals surface area contributed by atoms with E-state index in [0.29, 0.717) is 10.8 Å². The van der Waals surface area contributed by atoms with E-state index in [1.165, 1.54) is 37.0 Å². The molecule has 20 heavy (non-hydrogen) atoms. The van der Waals surface area contributed by atoms with Crippen molar-refractivity contribution in [1.82, 2.24) is 10.6 Å². The van der Waals surface area contributed by atoms with Gasteiger partial charge in [-0.1, -0.05) is 18.2 Å². The number of rotatable bonds is 5. The third-order valence-electron chi connectivity index (χ3n) is 4.13. The quantitative estimate of drug-likeness (QED) is 0.646. The summed E-state index contributed by atoms with van der Waals surface area (Å²) in [7, 11) is 1.86. The van der Waals surface area contributed by atoms with Gasteiger partial charge in [-0.2, -0.15) is 0 Å². The number of guanidine groups is 1. The van der Waals surface area contributed by atoms with Crippen LogP contribution in [-0.4, -0.2) is 30.3 Å². The maximum atomic E-state index is 4.33. The fourth-order valence-electron chi connectivity index (χ4n) is 2.38. The summed E-state index contributed by atoms with van der Waals surface area (Å²) < 4.78 is 0.374. The van der Waals surface area contributed by atoms with Crippen LogP contribution in [0.3, 0.4) is 0 Å². The number of nitrogens with zero attached hydrogens (tertiary/aromatic N) is 1. The molecule has 0 unspecified atom stereocenters. The van der Waals surface area contributed by atoms with E-state index in [1.807, 2.05) is 18.8 Å². The maximum Gasteiger partial charge on any atom is 0.191 e. The lowest BCUT2D eigenvalue weighted by Crippen LogP contribution is -2.48. The molecule has 2 aliphatic rings. The molecule has 0 spiro atoms. The molecule has 108 valence electrons. The highest BCUT2D eigenvalue weighted by Gasteiger charge is 2.43. The summed E-state index contributed by atoms with van der Waals surface area (Å²) in [6.45, 7) is 0.999. The van der Waals surface area contributed by atoms with Gasteiger partial charge in [-0.05, 0) is 44.2 Å². The summed E-state index contributed by atoms with van der Waals surface area (Å²) in [5.41, 5.74) is 0. The first-order chi connectivity index (χ1) is 9.80. The van der Waals surface area contributed by atoms with Crippen molar-refractivity contribution < 1.29 is 0 Å². The van der Waals surface area contributed by atoms with E-state index in [2.05, 4.69) is 46.0 Å². The Balaban J connectivity index is 1.49. The summed E-state index contributed by atoms with van der Waals surface area (Å²) in [5, 5.41) is 7.01. The molecule has 1 aromatic rings. The Morgan fingerprint density at radius 2 is 2.05 bits per heavy atom.